The first-order chi connectivity index (χ1) is 8.82. The van der Waals surface area contributed by atoms with Crippen molar-refractivity contribution in [3.05, 3.63) is 40.1 Å². The van der Waals surface area contributed by atoms with E-state index in [1.807, 2.05) is 20.8 Å². The summed E-state index contributed by atoms with van der Waals surface area (Å²) in [4.78, 5) is 5.58. The second kappa shape index (κ2) is 4.89. The van der Waals surface area contributed by atoms with Gasteiger partial charge in [0.2, 0.25) is 0 Å². The standard InChI is InChI=1S/C14H18FN3S/c1-8(2)12-7-14(3,18-13(17)19-12)10-6-9(16)4-5-11(10)15/h4-6H,7,16H2,1-3H3,(H2,17,18)/t14-/m0/s1. The fraction of sp³-hybridized carbons (Fsp3) is 0.357. The molecule has 0 saturated heterocycles. The van der Waals surface area contributed by atoms with Gasteiger partial charge in [-0.15, -0.1) is 0 Å². The van der Waals surface area contributed by atoms with Gasteiger partial charge in [-0.3, -0.25) is 4.99 Å². The molecule has 1 atom stereocenters. The molecule has 1 aromatic rings. The quantitative estimate of drug-likeness (QED) is 0.775. The minimum absolute atomic E-state index is 0.298. The lowest BCUT2D eigenvalue weighted by atomic mass is 9.87. The number of nitrogen functional groups attached to an aromatic ring is 1. The van der Waals surface area contributed by atoms with Crippen LogP contribution in [0.4, 0.5) is 10.1 Å². The number of anilines is 1. The van der Waals surface area contributed by atoms with Crippen molar-refractivity contribution < 1.29 is 4.39 Å². The van der Waals surface area contributed by atoms with E-state index >= 15 is 0 Å². The predicted molar refractivity (Wildman–Crippen MR) is 80.4 cm³/mol. The van der Waals surface area contributed by atoms with Crippen molar-refractivity contribution in [2.45, 2.75) is 32.7 Å². The number of amidine groups is 1. The first-order valence-electron chi connectivity index (χ1n) is 6.07. The van der Waals surface area contributed by atoms with E-state index in [-0.39, 0.29) is 5.82 Å². The summed E-state index contributed by atoms with van der Waals surface area (Å²) < 4.78 is 14.1. The third-order valence-electron chi connectivity index (χ3n) is 3.22. The van der Waals surface area contributed by atoms with E-state index in [9.17, 15) is 4.39 Å². The highest BCUT2D eigenvalue weighted by molar-refractivity contribution is 8.17. The molecule has 1 aromatic carbocycles. The minimum Gasteiger partial charge on any atom is -0.399 e. The lowest BCUT2D eigenvalue weighted by molar-refractivity contribution is 0.464. The van der Waals surface area contributed by atoms with E-state index in [1.165, 1.54) is 23.4 Å². The van der Waals surface area contributed by atoms with Crippen molar-refractivity contribution in [1.82, 2.24) is 0 Å². The van der Waals surface area contributed by atoms with Crippen LogP contribution in [0.2, 0.25) is 0 Å². The molecular formula is C14H18FN3S. The number of rotatable bonds is 1. The summed E-state index contributed by atoms with van der Waals surface area (Å²) in [6, 6.07) is 4.57. The Morgan fingerprint density at radius 3 is 2.68 bits per heavy atom. The number of benzene rings is 1. The molecule has 0 aliphatic carbocycles. The molecule has 4 N–H and O–H groups in total. The molecule has 0 amide bonds. The van der Waals surface area contributed by atoms with E-state index in [2.05, 4.69) is 4.99 Å². The Balaban J connectivity index is 2.56. The molecule has 0 fully saturated rings. The van der Waals surface area contributed by atoms with Gasteiger partial charge in [-0.1, -0.05) is 17.3 Å². The maximum Gasteiger partial charge on any atom is 0.159 e. The highest BCUT2D eigenvalue weighted by Crippen LogP contribution is 2.43. The highest BCUT2D eigenvalue weighted by atomic mass is 32.2. The molecule has 2 rings (SSSR count). The Bertz CT molecular complexity index is 576. The third-order valence-corrected chi connectivity index (χ3v) is 4.32. The number of nitrogens with zero attached hydrogens (tertiary/aromatic N) is 1. The summed E-state index contributed by atoms with van der Waals surface area (Å²) in [5, 5.41) is 0.465. The topological polar surface area (TPSA) is 64.4 Å². The maximum absolute atomic E-state index is 14.1. The zero-order chi connectivity index (χ0) is 14.2. The van der Waals surface area contributed by atoms with Gasteiger partial charge in [0.05, 0.1) is 5.54 Å². The number of nitrogens with two attached hydrogens (primary N) is 2. The number of hydrogen-bond donors (Lipinski definition) is 2. The lowest BCUT2D eigenvalue weighted by Crippen LogP contribution is -2.29. The van der Waals surface area contributed by atoms with Crippen molar-refractivity contribution in [3.8, 4) is 0 Å². The van der Waals surface area contributed by atoms with E-state index < -0.39 is 5.54 Å². The van der Waals surface area contributed by atoms with Crippen LogP contribution < -0.4 is 11.5 Å². The van der Waals surface area contributed by atoms with Crippen LogP contribution in [0.1, 0.15) is 32.8 Å². The second-order valence-electron chi connectivity index (χ2n) is 5.17. The summed E-state index contributed by atoms with van der Waals surface area (Å²) in [5.74, 6) is -0.298. The van der Waals surface area contributed by atoms with Crippen LogP contribution in [-0.4, -0.2) is 5.17 Å². The van der Waals surface area contributed by atoms with Gasteiger partial charge in [-0.25, -0.2) is 4.39 Å². The predicted octanol–water partition coefficient (Wildman–Crippen LogP) is 3.37. The largest absolute Gasteiger partial charge is 0.399 e. The molecule has 1 aliphatic heterocycles. The number of aliphatic imine (C=N–C) groups is 1. The molecule has 0 radical (unpaired) electrons. The molecule has 1 aliphatic rings. The first kappa shape index (κ1) is 13.9. The number of thioether (sulfide) groups is 1. The summed E-state index contributed by atoms with van der Waals surface area (Å²) in [7, 11) is 0. The maximum atomic E-state index is 14.1. The molecule has 5 heteroatoms. The van der Waals surface area contributed by atoms with E-state index in [1.54, 1.807) is 12.1 Å². The van der Waals surface area contributed by atoms with Gasteiger partial charge in [-0.2, -0.15) is 0 Å². The van der Waals surface area contributed by atoms with Crippen LogP contribution in [0.25, 0.3) is 0 Å². The van der Waals surface area contributed by atoms with Crippen LogP contribution in [0.5, 0.6) is 0 Å². The molecule has 3 nitrogen and oxygen atoms in total. The highest BCUT2D eigenvalue weighted by Gasteiger charge is 2.34. The Morgan fingerprint density at radius 2 is 2.05 bits per heavy atom. The Labute approximate surface area is 117 Å². The summed E-state index contributed by atoms with van der Waals surface area (Å²) in [6.07, 6.45) is 0.640. The number of allylic oxidation sites excluding steroid dienone is 1. The molecule has 0 bridgehead atoms. The van der Waals surface area contributed by atoms with E-state index in [4.69, 9.17) is 11.5 Å². The summed E-state index contributed by atoms with van der Waals surface area (Å²) in [6.45, 7) is 5.94. The molecule has 0 unspecified atom stereocenters. The van der Waals surface area contributed by atoms with Crippen LogP contribution >= 0.6 is 11.8 Å². The second-order valence-corrected chi connectivity index (χ2v) is 6.28. The molecular weight excluding hydrogens is 261 g/mol. The molecule has 102 valence electrons. The van der Waals surface area contributed by atoms with Crippen molar-refractivity contribution in [2.75, 3.05) is 5.73 Å². The molecule has 19 heavy (non-hydrogen) atoms. The van der Waals surface area contributed by atoms with Crippen LogP contribution in [-0.2, 0) is 5.54 Å². The summed E-state index contributed by atoms with van der Waals surface area (Å²) >= 11 is 1.46. The minimum atomic E-state index is -0.693. The van der Waals surface area contributed by atoms with Gasteiger partial charge >= 0.3 is 0 Å². The lowest BCUT2D eigenvalue weighted by Gasteiger charge is -2.32. The zero-order valence-electron chi connectivity index (χ0n) is 11.3. The van der Waals surface area contributed by atoms with Crippen molar-refractivity contribution >= 4 is 22.6 Å². The van der Waals surface area contributed by atoms with Crippen molar-refractivity contribution in [3.63, 3.8) is 0 Å². The van der Waals surface area contributed by atoms with Crippen LogP contribution in [0.15, 0.2) is 33.7 Å². The Morgan fingerprint density at radius 1 is 1.37 bits per heavy atom. The van der Waals surface area contributed by atoms with Gasteiger partial charge in [0.1, 0.15) is 5.82 Å². The number of halogens is 1. The van der Waals surface area contributed by atoms with E-state index in [0.29, 0.717) is 22.8 Å². The molecule has 1 heterocycles. The first-order valence-corrected chi connectivity index (χ1v) is 6.88. The van der Waals surface area contributed by atoms with Gasteiger partial charge in [0.25, 0.3) is 0 Å². The SMILES string of the molecule is CC(C)=C1C[C@@](C)(c2cc(N)ccc2F)N=C(N)S1. The fourth-order valence-electron chi connectivity index (χ4n) is 2.17. The Kier molecular flexibility index (Phi) is 3.58. The Hall–Kier alpha value is -1.49. The average Bonchev–Trinajstić information content (AvgIpc) is 2.31. The van der Waals surface area contributed by atoms with Crippen LogP contribution in [0.3, 0.4) is 0 Å². The zero-order valence-corrected chi connectivity index (χ0v) is 12.1. The van der Waals surface area contributed by atoms with E-state index in [0.717, 1.165) is 4.91 Å². The average molecular weight is 279 g/mol. The third kappa shape index (κ3) is 2.76. The van der Waals surface area contributed by atoms with Gasteiger partial charge in [0.15, 0.2) is 5.17 Å². The fourth-order valence-corrected chi connectivity index (χ4v) is 3.23. The normalized spacial score (nSPS) is 23.2. The van der Waals surface area contributed by atoms with Gasteiger partial charge in [-0.05, 0) is 43.9 Å². The molecule has 0 saturated carbocycles. The molecule has 0 aromatic heterocycles. The number of hydrogen-bond acceptors (Lipinski definition) is 4. The van der Waals surface area contributed by atoms with Crippen molar-refractivity contribution in [2.24, 2.45) is 10.7 Å². The van der Waals surface area contributed by atoms with Crippen molar-refractivity contribution in [1.29, 1.82) is 0 Å². The molecule has 0 spiro atoms. The monoisotopic (exact) mass is 279 g/mol. The van der Waals surface area contributed by atoms with Gasteiger partial charge < -0.3 is 11.5 Å². The van der Waals surface area contributed by atoms with Crippen LogP contribution in [0, 0.1) is 5.82 Å². The van der Waals surface area contributed by atoms with Gasteiger partial charge in [0, 0.05) is 17.7 Å². The summed E-state index contributed by atoms with van der Waals surface area (Å²) in [5.41, 5.74) is 13.2. The smallest absolute Gasteiger partial charge is 0.159 e.